The highest BCUT2D eigenvalue weighted by molar-refractivity contribution is 5.96. The number of hydrogen-bond acceptors (Lipinski definition) is 3. The van der Waals surface area contributed by atoms with E-state index in [1.54, 1.807) is 19.1 Å². The third-order valence-corrected chi connectivity index (χ3v) is 3.16. The van der Waals surface area contributed by atoms with Crippen molar-refractivity contribution in [2.45, 2.75) is 20.0 Å². The summed E-state index contributed by atoms with van der Waals surface area (Å²) in [6, 6.07) is 4.75. The van der Waals surface area contributed by atoms with Gasteiger partial charge < -0.3 is 14.7 Å². The van der Waals surface area contributed by atoms with E-state index in [9.17, 15) is 13.6 Å². The van der Waals surface area contributed by atoms with Gasteiger partial charge in [-0.1, -0.05) is 6.07 Å². The Kier molecular flexibility index (Phi) is 3.99. The first-order valence-electron chi connectivity index (χ1n) is 5.98. The maximum atomic E-state index is 12.3. The van der Waals surface area contributed by atoms with Crippen molar-refractivity contribution in [2.75, 3.05) is 18.1 Å². The highest BCUT2D eigenvalue weighted by Crippen LogP contribution is 2.30. The maximum Gasteiger partial charge on any atom is 0.387 e. The van der Waals surface area contributed by atoms with Crippen molar-refractivity contribution in [3.8, 4) is 5.75 Å². The molecule has 1 atom stereocenters. The first-order chi connectivity index (χ1) is 9.01. The van der Waals surface area contributed by atoms with Crippen molar-refractivity contribution >= 4 is 11.6 Å². The number of nitrogens with zero attached hydrogens (tertiary/aromatic N) is 1. The van der Waals surface area contributed by atoms with E-state index in [0.29, 0.717) is 17.8 Å². The number of rotatable bonds is 4. The lowest BCUT2D eigenvalue weighted by Crippen LogP contribution is -2.25. The Morgan fingerprint density at radius 1 is 1.53 bits per heavy atom. The zero-order valence-corrected chi connectivity index (χ0v) is 10.5. The van der Waals surface area contributed by atoms with Gasteiger partial charge in [-0.25, -0.2) is 0 Å². The predicted octanol–water partition coefficient (Wildman–Crippen LogP) is 1.94. The lowest BCUT2D eigenvalue weighted by molar-refractivity contribution is -0.117. The fourth-order valence-electron chi connectivity index (χ4n) is 2.13. The molecule has 4 nitrogen and oxygen atoms in total. The summed E-state index contributed by atoms with van der Waals surface area (Å²) in [5, 5.41) is 9.06. The minimum absolute atomic E-state index is 0.0610. The van der Waals surface area contributed by atoms with Gasteiger partial charge in [0, 0.05) is 37.2 Å². The van der Waals surface area contributed by atoms with Crippen LogP contribution in [0.1, 0.15) is 12.0 Å². The average Bonchev–Trinajstić information content (AvgIpc) is 2.73. The van der Waals surface area contributed by atoms with Crippen LogP contribution in [0.2, 0.25) is 0 Å². The summed E-state index contributed by atoms with van der Waals surface area (Å²) in [4.78, 5) is 13.3. The Balaban J connectivity index is 2.23. The Hall–Kier alpha value is -1.69. The van der Waals surface area contributed by atoms with Gasteiger partial charge in [0.05, 0.1) is 0 Å². The molecule has 6 heteroatoms. The normalized spacial score (nSPS) is 19.3. The van der Waals surface area contributed by atoms with Crippen LogP contribution in [0.15, 0.2) is 18.2 Å². The van der Waals surface area contributed by atoms with E-state index < -0.39 is 6.61 Å². The fourth-order valence-corrected chi connectivity index (χ4v) is 2.13. The molecule has 0 radical (unpaired) electrons. The molecule has 0 aliphatic carbocycles. The molecular formula is C13H15F2NO3. The molecule has 0 spiro atoms. The van der Waals surface area contributed by atoms with E-state index >= 15 is 0 Å². The van der Waals surface area contributed by atoms with E-state index in [-0.39, 0.29) is 30.6 Å². The number of hydrogen-bond donors (Lipinski definition) is 1. The number of alkyl halides is 2. The van der Waals surface area contributed by atoms with Crippen molar-refractivity contribution in [3.63, 3.8) is 0 Å². The van der Waals surface area contributed by atoms with Crippen LogP contribution in [-0.4, -0.2) is 30.8 Å². The van der Waals surface area contributed by atoms with Crippen LogP contribution >= 0.6 is 0 Å². The molecule has 1 heterocycles. The van der Waals surface area contributed by atoms with E-state index in [1.807, 2.05) is 0 Å². The van der Waals surface area contributed by atoms with Crippen molar-refractivity contribution in [1.82, 2.24) is 0 Å². The molecular weight excluding hydrogens is 256 g/mol. The molecule has 0 bridgehead atoms. The van der Waals surface area contributed by atoms with Crippen molar-refractivity contribution in [1.29, 1.82) is 0 Å². The Morgan fingerprint density at radius 3 is 2.84 bits per heavy atom. The molecule has 1 aliphatic heterocycles. The average molecular weight is 271 g/mol. The predicted molar refractivity (Wildman–Crippen MR) is 65.4 cm³/mol. The van der Waals surface area contributed by atoms with Crippen molar-refractivity contribution in [3.05, 3.63) is 23.8 Å². The molecule has 104 valence electrons. The third-order valence-electron chi connectivity index (χ3n) is 3.16. The summed E-state index contributed by atoms with van der Waals surface area (Å²) < 4.78 is 28.9. The second-order valence-electron chi connectivity index (χ2n) is 4.59. The second-order valence-corrected chi connectivity index (χ2v) is 4.59. The number of aliphatic hydroxyl groups excluding tert-OH is 1. The fraction of sp³-hybridized carbons (Fsp3) is 0.462. The van der Waals surface area contributed by atoms with Crippen LogP contribution in [0.3, 0.4) is 0 Å². The van der Waals surface area contributed by atoms with Gasteiger partial charge in [0.25, 0.3) is 0 Å². The SMILES string of the molecule is Cc1ccc(N2CC(CO)CC2=O)cc1OC(F)F. The minimum atomic E-state index is -2.89. The highest BCUT2D eigenvalue weighted by atomic mass is 19.3. The number of halogens is 2. The summed E-state index contributed by atoms with van der Waals surface area (Å²) in [5.41, 5.74) is 1.09. The number of aryl methyl sites for hydroxylation is 1. The molecule has 1 N–H and O–H groups in total. The molecule has 1 aliphatic rings. The standard InChI is InChI=1S/C13H15F2NO3/c1-8-2-3-10(5-11(8)19-13(14)15)16-6-9(7-17)4-12(16)18/h2-3,5,9,13,17H,4,6-7H2,1H3. The van der Waals surface area contributed by atoms with Crippen LogP contribution in [0, 0.1) is 12.8 Å². The number of ether oxygens (including phenoxy) is 1. The van der Waals surface area contributed by atoms with Crippen molar-refractivity contribution < 1.29 is 23.4 Å². The van der Waals surface area contributed by atoms with Gasteiger partial charge in [0.1, 0.15) is 5.75 Å². The molecule has 1 unspecified atom stereocenters. The van der Waals surface area contributed by atoms with Gasteiger partial charge in [-0.3, -0.25) is 4.79 Å². The first-order valence-corrected chi connectivity index (χ1v) is 5.98. The van der Waals surface area contributed by atoms with Crippen LogP contribution in [0.25, 0.3) is 0 Å². The largest absolute Gasteiger partial charge is 0.434 e. The zero-order valence-electron chi connectivity index (χ0n) is 10.5. The van der Waals surface area contributed by atoms with Gasteiger partial charge in [0.2, 0.25) is 5.91 Å². The highest BCUT2D eigenvalue weighted by Gasteiger charge is 2.30. The number of aliphatic hydroxyl groups is 1. The number of amides is 1. The van der Waals surface area contributed by atoms with Gasteiger partial charge >= 0.3 is 6.61 Å². The monoisotopic (exact) mass is 271 g/mol. The van der Waals surface area contributed by atoms with Gasteiger partial charge in [-0.15, -0.1) is 0 Å². The van der Waals surface area contributed by atoms with E-state index in [1.165, 1.54) is 11.0 Å². The molecule has 1 aromatic rings. The lowest BCUT2D eigenvalue weighted by atomic mass is 10.1. The lowest BCUT2D eigenvalue weighted by Gasteiger charge is -2.18. The maximum absolute atomic E-state index is 12.3. The smallest absolute Gasteiger partial charge is 0.387 e. The second kappa shape index (κ2) is 5.52. The number of carbonyl (C=O) groups is 1. The Bertz CT molecular complexity index is 479. The topological polar surface area (TPSA) is 49.8 Å². The molecule has 1 amide bonds. The molecule has 2 rings (SSSR count). The molecule has 0 aromatic heterocycles. The summed E-state index contributed by atoms with van der Waals surface area (Å²) in [6.45, 7) is -0.904. The number of benzene rings is 1. The zero-order chi connectivity index (χ0) is 14.0. The number of anilines is 1. The molecule has 1 fully saturated rings. The Labute approximate surface area is 109 Å². The summed E-state index contributed by atoms with van der Waals surface area (Å²) >= 11 is 0. The Morgan fingerprint density at radius 2 is 2.26 bits per heavy atom. The van der Waals surface area contributed by atoms with Gasteiger partial charge in [0.15, 0.2) is 0 Å². The quantitative estimate of drug-likeness (QED) is 0.910. The first kappa shape index (κ1) is 13.7. The van der Waals surface area contributed by atoms with Crippen LogP contribution in [0.4, 0.5) is 14.5 Å². The van der Waals surface area contributed by atoms with Crippen LogP contribution in [0.5, 0.6) is 5.75 Å². The van der Waals surface area contributed by atoms with E-state index in [0.717, 1.165) is 0 Å². The molecule has 1 aromatic carbocycles. The van der Waals surface area contributed by atoms with Gasteiger partial charge in [-0.05, 0) is 18.6 Å². The van der Waals surface area contributed by atoms with E-state index in [4.69, 9.17) is 5.11 Å². The van der Waals surface area contributed by atoms with Crippen molar-refractivity contribution in [2.24, 2.45) is 5.92 Å². The molecule has 0 saturated carbocycles. The molecule has 19 heavy (non-hydrogen) atoms. The van der Waals surface area contributed by atoms with Crippen LogP contribution < -0.4 is 9.64 Å². The van der Waals surface area contributed by atoms with E-state index in [2.05, 4.69) is 4.74 Å². The molecule has 1 saturated heterocycles. The summed E-state index contributed by atoms with van der Waals surface area (Å²) in [6.07, 6.45) is 0.273. The summed E-state index contributed by atoms with van der Waals surface area (Å²) in [7, 11) is 0. The minimum Gasteiger partial charge on any atom is -0.434 e. The summed E-state index contributed by atoms with van der Waals surface area (Å²) in [5.74, 6) is -0.160. The van der Waals surface area contributed by atoms with Gasteiger partial charge in [-0.2, -0.15) is 8.78 Å². The number of carbonyl (C=O) groups excluding carboxylic acids is 1. The third kappa shape index (κ3) is 3.01. The van der Waals surface area contributed by atoms with Crippen LogP contribution in [-0.2, 0) is 4.79 Å².